The number of hydrogen-bond acceptors (Lipinski definition) is 4. The fourth-order valence-electron chi connectivity index (χ4n) is 2.08. The third kappa shape index (κ3) is 2.19. The lowest BCUT2D eigenvalue weighted by molar-refractivity contribution is 0.110. The summed E-state index contributed by atoms with van der Waals surface area (Å²) in [6.45, 7) is 0.828. The number of aromatic nitrogens is 3. The smallest absolute Gasteiger partial charge is 0.249 e. The van der Waals surface area contributed by atoms with Crippen molar-refractivity contribution >= 4 is 11.0 Å². The van der Waals surface area contributed by atoms with Crippen LogP contribution in [0.15, 0.2) is 23.1 Å². The maximum Gasteiger partial charge on any atom is 0.249 e. The normalized spacial score (nSPS) is 19.9. The average Bonchev–Trinajstić information content (AvgIpc) is 2.81. The van der Waals surface area contributed by atoms with Crippen molar-refractivity contribution in [2.45, 2.75) is 25.4 Å². The zero-order valence-electron chi connectivity index (χ0n) is 9.35. The molecule has 0 amide bonds. The van der Waals surface area contributed by atoms with Crippen molar-refractivity contribution in [1.29, 1.82) is 0 Å². The van der Waals surface area contributed by atoms with E-state index in [1.807, 2.05) is 0 Å². The largest absolute Gasteiger partial charge is 0.378 e. The van der Waals surface area contributed by atoms with Crippen LogP contribution < -0.4 is 5.56 Å². The van der Waals surface area contributed by atoms with Crippen molar-refractivity contribution in [3.8, 4) is 0 Å². The van der Waals surface area contributed by atoms with E-state index in [1.165, 1.54) is 6.07 Å². The Hall–Kier alpha value is -1.75. The van der Waals surface area contributed by atoms with Crippen LogP contribution in [0.5, 0.6) is 0 Å². The van der Waals surface area contributed by atoms with Gasteiger partial charge in [-0.1, -0.05) is 0 Å². The van der Waals surface area contributed by atoms with Gasteiger partial charge in [-0.05, 0) is 18.9 Å². The molecule has 2 aromatic heterocycles. The Morgan fingerprint density at radius 2 is 2.41 bits per heavy atom. The van der Waals surface area contributed by atoms with Gasteiger partial charge in [0.1, 0.15) is 11.5 Å². The number of nitrogens with zero attached hydrogens (tertiary/aromatic N) is 2. The molecule has 0 aromatic carbocycles. The third-order valence-corrected chi connectivity index (χ3v) is 2.96. The molecular weight excluding hydrogens is 218 g/mol. The molecule has 1 unspecified atom stereocenters. The van der Waals surface area contributed by atoms with Crippen LogP contribution in [0.4, 0.5) is 0 Å². The summed E-state index contributed by atoms with van der Waals surface area (Å²) in [5.41, 5.74) is 0.458. The zero-order chi connectivity index (χ0) is 11.7. The molecule has 5 heteroatoms. The van der Waals surface area contributed by atoms with E-state index in [2.05, 4.69) is 15.0 Å². The van der Waals surface area contributed by atoms with Gasteiger partial charge in [-0.25, -0.2) is 9.97 Å². The molecule has 0 aliphatic carbocycles. The van der Waals surface area contributed by atoms with Gasteiger partial charge in [-0.3, -0.25) is 4.79 Å². The van der Waals surface area contributed by atoms with Crippen molar-refractivity contribution in [2.75, 3.05) is 6.61 Å². The quantitative estimate of drug-likeness (QED) is 0.838. The molecule has 0 saturated carbocycles. The second-order valence-electron chi connectivity index (χ2n) is 4.25. The summed E-state index contributed by atoms with van der Waals surface area (Å²) in [6, 6.07) is 3.20. The van der Waals surface area contributed by atoms with Crippen LogP contribution in [0.25, 0.3) is 11.0 Å². The van der Waals surface area contributed by atoms with E-state index in [-0.39, 0.29) is 11.7 Å². The predicted molar refractivity (Wildman–Crippen MR) is 62.8 cm³/mol. The molecule has 88 valence electrons. The van der Waals surface area contributed by atoms with Crippen molar-refractivity contribution in [3.05, 3.63) is 34.5 Å². The van der Waals surface area contributed by atoms with E-state index in [9.17, 15) is 4.79 Å². The van der Waals surface area contributed by atoms with Gasteiger partial charge in [0.2, 0.25) is 5.56 Å². The first kappa shape index (κ1) is 10.4. The van der Waals surface area contributed by atoms with Crippen LogP contribution in [-0.2, 0) is 11.2 Å². The molecule has 17 heavy (non-hydrogen) atoms. The Morgan fingerprint density at radius 1 is 1.47 bits per heavy atom. The molecule has 0 bridgehead atoms. The topological polar surface area (TPSA) is 67.9 Å². The number of hydrogen-bond donors (Lipinski definition) is 1. The molecule has 1 atom stereocenters. The van der Waals surface area contributed by atoms with Crippen LogP contribution in [0, 0.1) is 0 Å². The van der Waals surface area contributed by atoms with Gasteiger partial charge in [0.25, 0.3) is 0 Å². The predicted octanol–water partition coefficient (Wildman–Crippen LogP) is 1.04. The van der Waals surface area contributed by atoms with Gasteiger partial charge in [0.05, 0.1) is 6.10 Å². The van der Waals surface area contributed by atoms with E-state index in [0.29, 0.717) is 12.1 Å². The monoisotopic (exact) mass is 231 g/mol. The van der Waals surface area contributed by atoms with E-state index in [0.717, 1.165) is 30.7 Å². The molecule has 3 rings (SSSR count). The van der Waals surface area contributed by atoms with Crippen LogP contribution in [-0.4, -0.2) is 27.7 Å². The standard InChI is InChI=1S/C12H13N3O2/c16-11-4-3-8-7-13-10(14-12(8)15-11)6-9-2-1-5-17-9/h3-4,7,9H,1-2,5-6H2,(H,13,14,15,16). The number of nitrogens with one attached hydrogen (secondary N) is 1. The molecular formula is C12H13N3O2. The summed E-state index contributed by atoms with van der Waals surface area (Å²) >= 11 is 0. The third-order valence-electron chi connectivity index (χ3n) is 2.96. The molecule has 0 radical (unpaired) electrons. The van der Waals surface area contributed by atoms with Gasteiger partial charge in [-0.15, -0.1) is 0 Å². The first-order valence-electron chi connectivity index (χ1n) is 5.78. The summed E-state index contributed by atoms with van der Waals surface area (Å²) < 4.78 is 5.54. The van der Waals surface area contributed by atoms with Crippen LogP contribution in [0.2, 0.25) is 0 Å². The highest BCUT2D eigenvalue weighted by Gasteiger charge is 2.17. The molecule has 0 spiro atoms. The van der Waals surface area contributed by atoms with E-state index in [1.54, 1.807) is 12.3 Å². The summed E-state index contributed by atoms with van der Waals surface area (Å²) in [5.74, 6) is 0.728. The van der Waals surface area contributed by atoms with E-state index >= 15 is 0 Å². The lowest BCUT2D eigenvalue weighted by atomic mass is 10.2. The van der Waals surface area contributed by atoms with Crippen LogP contribution in [0.1, 0.15) is 18.7 Å². The minimum Gasteiger partial charge on any atom is -0.378 e. The Labute approximate surface area is 97.9 Å². The van der Waals surface area contributed by atoms with Crippen molar-refractivity contribution in [1.82, 2.24) is 15.0 Å². The molecule has 2 aromatic rings. The maximum atomic E-state index is 11.2. The second kappa shape index (κ2) is 4.25. The Bertz CT molecular complexity index is 588. The Kier molecular flexibility index (Phi) is 2.60. The molecule has 5 nitrogen and oxygen atoms in total. The zero-order valence-corrected chi connectivity index (χ0v) is 9.35. The van der Waals surface area contributed by atoms with Gasteiger partial charge >= 0.3 is 0 Å². The number of ether oxygens (including phenoxy) is 1. The minimum absolute atomic E-state index is 0.140. The lowest BCUT2D eigenvalue weighted by Gasteiger charge is -2.07. The summed E-state index contributed by atoms with van der Waals surface area (Å²) in [7, 11) is 0. The number of pyridine rings is 1. The molecule has 1 fully saturated rings. The van der Waals surface area contributed by atoms with Gasteiger partial charge in [0.15, 0.2) is 0 Å². The number of rotatable bonds is 2. The Balaban J connectivity index is 1.92. The summed E-state index contributed by atoms with van der Waals surface area (Å²) in [6.07, 6.45) is 4.85. The fourth-order valence-corrected chi connectivity index (χ4v) is 2.08. The minimum atomic E-state index is -0.140. The van der Waals surface area contributed by atoms with Crippen LogP contribution >= 0.6 is 0 Å². The number of H-pyrrole nitrogens is 1. The number of aromatic amines is 1. The van der Waals surface area contributed by atoms with E-state index in [4.69, 9.17) is 4.74 Å². The average molecular weight is 231 g/mol. The fraction of sp³-hybridized carbons (Fsp3) is 0.417. The first-order valence-corrected chi connectivity index (χ1v) is 5.78. The Morgan fingerprint density at radius 3 is 3.24 bits per heavy atom. The molecule has 1 saturated heterocycles. The SMILES string of the molecule is O=c1ccc2cnc(CC3CCCO3)nc2[nH]1. The first-order chi connectivity index (χ1) is 8.31. The van der Waals surface area contributed by atoms with Crippen molar-refractivity contribution < 1.29 is 4.74 Å². The summed E-state index contributed by atoms with van der Waals surface area (Å²) in [4.78, 5) is 22.5. The van der Waals surface area contributed by atoms with Gasteiger partial charge in [-0.2, -0.15) is 0 Å². The van der Waals surface area contributed by atoms with Crippen molar-refractivity contribution in [2.24, 2.45) is 0 Å². The lowest BCUT2D eigenvalue weighted by Crippen LogP contribution is -2.12. The maximum absolute atomic E-state index is 11.2. The highest BCUT2D eigenvalue weighted by Crippen LogP contribution is 2.16. The summed E-state index contributed by atoms with van der Waals surface area (Å²) in [5, 5.41) is 0.848. The highest BCUT2D eigenvalue weighted by molar-refractivity contribution is 5.72. The van der Waals surface area contributed by atoms with Crippen molar-refractivity contribution in [3.63, 3.8) is 0 Å². The van der Waals surface area contributed by atoms with Gasteiger partial charge < -0.3 is 9.72 Å². The molecule has 1 aliphatic heterocycles. The van der Waals surface area contributed by atoms with Crippen LogP contribution in [0.3, 0.4) is 0 Å². The van der Waals surface area contributed by atoms with Gasteiger partial charge in [0, 0.05) is 30.7 Å². The molecule has 1 aliphatic rings. The highest BCUT2D eigenvalue weighted by atomic mass is 16.5. The molecule has 1 N–H and O–H groups in total. The van der Waals surface area contributed by atoms with E-state index < -0.39 is 0 Å². The number of fused-ring (bicyclic) bond motifs is 1. The second-order valence-corrected chi connectivity index (χ2v) is 4.25. The molecule has 3 heterocycles.